The molecule has 0 saturated heterocycles. The van der Waals surface area contributed by atoms with E-state index >= 15 is 0 Å². The first-order valence-corrected chi connectivity index (χ1v) is 8.49. The number of esters is 1. The molecular formula is C19H16F6N4O2. The molecular weight excluding hydrogens is 430 g/mol. The number of nitrogens with zero attached hydrogens (tertiary/aromatic N) is 2. The van der Waals surface area contributed by atoms with Gasteiger partial charge in [0.1, 0.15) is 0 Å². The second kappa shape index (κ2) is 9.49. The van der Waals surface area contributed by atoms with Crippen molar-refractivity contribution in [2.75, 3.05) is 12.4 Å². The van der Waals surface area contributed by atoms with Crippen LogP contribution in [0.25, 0.3) is 0 Å². The number of benzene rings is 1. The number of methoxy groups -OCH3 is 1. The van der Waals surface area contributed by atoms with Gasteiger partial charge in [0.15, 0.2) is 17.2 Å². The summed E-state index contributed by atoms with van der Waals surface area (Å²) in [6.45, 7) is 0. The zero-order valence-corrected chi connectivity index (χ0v) is 15.9. The van der Waals surface area contributed by atoms with Crippen molar-refractivity contribution in [1.29, 1.82) is 0 Å². The maximum Gasteiger partial charge on any atom is 0.435 e. The standard InChI is InChI=1S/C19H16F6N4O2/c1-31-17(30)13-3-2-4-15(28-13)29-16(19(23,24)25)14(10-26)27-12-7-5-11(6-8-12)9-18(20,21)22/h2-8,10,27H,9,26H2,1H3/b14-10+,29-16-. The predicted molar refractivity (Wildman–Crippen MR) is 101 cm³/mol. The van der Waals surface area contributed by atoms with Gasteiger partial charge in [0, 0.05) is 11.9 Å². The molecule has 31 heavy (non-hydrogen) atoms. The van der Waals surface area contributed by atoms with Gasteiger partial charge in [-0.3, -0.25) is 0 Å². The molecule has 0 aliphatic heterocycles. The quantitative estimate of drug-likeness (QED) is 0.387. The van der Waals surface area contributed by atoms with Gasteiger partial charge in [-0.05, 0) is 29.8 Å². The minimum absolute atomic E-state index is 0.0517. The van der Waals surface area contributed by atoms with Crippen molar-refractivity contribution in [3.05, 3.63) is 65.6 Å². The lowest BCUT2D eigenvalue weighted by molar-refractivity contribution is -0.127. The van der Waals surface area contributed by atoms with Gasteiger partial charge in [0.2, 0.25) is 0 Å². The van der Waals surface area contributed by atoms with Crippen molar-refractivity contribution < 1.29 is 35.9 Å². The topological polar surface area (TPSA) is 89.6 Å². The number of hydrogen-bond acceptors (Lipinski definition) is 6. The van der Waals surface area contributed by atoms with Gasteiger partial charge in [0.25, 0.3) is 0 Å². The summed E-state index contributed by atoms with van der Waals surface area (Å²) in [5, 5.41) is 2.38. The molecule has 0 saturated carbocycles. The maximum atomic E-state index is 13.6. The van der Waals surface area contributed by atoms with Crippen LogP contribution in [-0.2, 0) is 11.2 Å². The molecule has 0 spiro atoms. The van der Waals surface area contributed by atoms with Crippen LogP contribution in [0, 0.1) is 0 Å². The summed E-state index contributed by atoms with van der Waals surface area (Å²) >= 11 is 0. The second-order valence-corrected chi connectivity index (χ2v) is 6.02. The van der Waals surface area contributed by atoms with Crippen molar-refractivity contribution in [3.8, 4) is 0 Å². The lowest BCUT2D eigenvalue weighted by atomic mass is 10.1. The molecule has 3 N–H and O–H groups in total. The number of hydrogen-bond donors (Lipinski definition) is 2. The molecule has 6 nitrogen and oxygen atoms in total. The number of alkyl halides is 6. The predicted octanol–water partition coefficient (Wildman–Crippen LogP) is 4.52. The Labute approximate surface area is 172 Å². The van der Waals surface area contributed by atoms with E-state index in [1.807, 2.05) is 0 Å². The van der Waals surface area contributed by atoms with Gasteiger partial charge in [-0.25, -0.2) is 14.8 Å². The Kier molecular flexibility index (Phi) is 7.26. The van der Waals surface area contributed by atoms with Crippen LogP contribution in [0.1, 0.15) is 16.1 Å². The van der Waals surface area contributed by atoms with Crippen LogP contribution in [0.5, 0.6) is 0 Å². The van der Waals surface area contributed by atoms with E-state index in [1.165, 1.54) is 24.3 Å². The van der Waals surface area contributed by atoms with E-state index in [4.69, 9.17) is 5.73 Å². The molecule has 0 radical (unpaired) electrons. The van der Waals surface area contributed by atoms with Crippen LogP contribution < -0.4 is 11.1 Å². The molecule has 1 aromatic heterocycles. The number of anilines is 1. The highest BCUT2D eigenvalue weighted by Crippen LogP contribution is 2.27. The zero-order chi connectivity index (χ0) is 23.2. The summed E-state index contributed by atoms with van der Waals surface area (Å²) in [6.07, 6.45) is -9.96. The number of rotatable bonds is 6. The number of carbonyl (C=O) groups excluding carboxylic acids is 1. The molecule has 0 unspecified atom stereocenters. The molecule has 0 aliphatic carbocycles. The first kappa shape index (κ1) is 23.7. The number of allylic oxidation sites excluding steroid dienone is 1. The van der Waals surface area contributed by atoms with Crippen LogP contribution in [0.2, 0.25) is 0 Å². The summed E-state index contributed by atoms with van der Waals surface area (Å²) in [6, 6.07) is 8.23. The summed E-state index contributed by atoms with van der Waals surface area (Å²) in [5.41, 5.74) is 2.95. The zero-order valence-electron chi connectivity index (χ0n) is 15.9. The Balaban J connectivity index is 2.35. The number of nitrogens with one attached hydrogen (secondary N) is 1. The fourth-order valence-corrected chi connectivity index (χ4v) is 2.37. The maximum absolute atomic E-state index is 13.6. The average molecular weight is 446 g/mol. The Morgan fingerprint density at radius 3 is 2.29 bits per heavy atom. The van der Waals surface area contributed by atoms with E-state index in [9.17, 15) is 31.1 Å². The minimum atomic E-state index is -4.97. The average Bonchev–Trinajstić information content (AvgIpc) is 2.69. The van der Waals surface area contributed by atoms with Crippen LogP contribution >= 0.6 is 0 Å². The van der Waals surface area contributed by atoms with Crippen LogP contribution in [-0.4, -0.2) is 36.1 Å². The van der Waals surface area contributed by atoms with Gasteiger partial charge in [-0.1, -0.05) is 18.2 Å². The van der Waals surface area contributed by atoms with Crippen molar-refractivity contribution in [1.82, 2.24) is 4.98 Å². The van der Waals surface area contributed by atoms with Crippen LogP contribution in [0.3, 0.4) is 0 Å². The lowest BCUT2D eigenvalue weighted by Gasteiger charge is -2.16. The van der Waals surface area contributed by atoms with Crippen LogP contribution in [0.4, 0.5) is 37.8 Å². The molecule has 12 heteroatoms. The number of aromatic nitrogens is 1. The van der Waals surface area contributed by atoms with E-state index in [1.54, 1.807) is 0 Å². The third-order valence-electron chi connectivity index (χ3n) is 3.68. The van der Waals surface area contributed by atoms with E-state index in [0.717, 1.165) is 25.3 Å². The molecule has 0 fully saturated rings. The first-order valence-electron chi connectivity index (χ1n) is 8.49. The number of carbonyl (C=O) groups is 1. The Morgan fingerprint density at radius 2 is 1.77 bits per heavy atom. The molecule has 2 aromatic rings. The normalized spacial score (nSPS) is 13.1. The fraction of sp³-hybridized carbons (Fsp3) is 0.211. The number of ether oxygens (including phenoxy) is 1. The monoisotopic (exact) mass is 446 g/mol. The van der Waals surface area contributed by atoms with Crippen molar-refractivity contribution in [2.24, 2.45) is 10.7 Å². The minimum Gasteiger partial charge on any atom is -0.464 e. The van der Waals surface area contributed by atoms with Crippen molar-refractivity contribution >= 4 is 23.2 Å². The van der Waals surface area contributed by atoms with E-state index < -0.39 is 42.0 Å². The highest BCUT2D eigenvalue weighted by atomic mass is 19.4. The van der Waals surface area contributed by atoms with Crippen molar-refractivity contribution in [3.63, 3.8) is 0 Å². The van der Waals surface area contributed by atoms with E-state index in [2.05, 4.69) is 20.0 Å². The lowest BCUT2D eigenvalue weighted by Crippen LogP contribution is -2.29. The molecule has 2 rings (SSSR count). The molecule has 0 bridgehead atoms. The molecule has 1 aromatic carbocycles. The highest BCUT2D eigenvalue weighted by Gasteiger charge is 2.38. The third kappa shape index (κ3) is 7.01. The first-order chi connectivity index (χ1) is 14.4. The second-order valence-electron chi connectivity index (χ2n) is 6.02. The smallest absolute Gasteiger partial charge is 0.435 e. The molecule has 1 heterocycles. The largest absolute Gasteiger partial charge is 0.464 e. The van der Waals surface area contributed by atoms with Gasteiger partial charge in [-0.2, -0.15) is 26.3 Å². The van der Waals surface area contributed by atoms with Crippen LogP contribution in [0.15, 0.2) is 59.4 Å². The number of nitrogens with two attached hydrogens (primary N) is 1. The number of aliphatic imine (C=N–C) groups is 1. The fourth-order valence-electron chi connectivity index (χ4n) is 2.37. The van der Waals surface area contributed by atoms with Crippen molar-refractivity contribution in [2.45, 2.75) is 18.8 Å². The number of halogens is 6. The van der Waals surface area contributed by atoms with Gasteiger partial charge in [-0.15, -0.1) is 0 Å². The summed E-state index contributed by atoms with van der Waals surface area (Å²) in [7, 11) is 1.08. The van der Waals surface area contributed by atoms with Gasteiger partial charge in [0.05, 0.1) is 19.2 Å². The Bertz CT molecular complexity index is 982. The highest BCUT2D eigenvalue weighted by molar-refractivity contribution is 6.07. The van der Waals surface area contributed by atoms with E-state index in [-0.39, 0.29) is 16.9 Å². The Hall–Kier alpha value is -3.57. The number of pyridine rings is 1. The third-order valence-corrected chi connectivity index (χ3v) is 3.68. The Morgan fingerprint density at radius 1 is 1.13 bits per heavy atom. The summed E-state index contributed by atoms with van der Waals surface area (Å²) < 4.78 is 82.6. The summed E-state index contributed by atoms with van der Waals surface area (Å²) in [4.78, 5) is 18.7. The molecule has 0 atom stereocenters. The van der Waals surface area contributed by atoms with Gasteiger partial charge < -0.3 is 15.8 Å². The molecule has 0 amide bonds. The summed E-state index contributed by atoms with van der Waals surface area (Å²) in [5.74, 6) is -1.30. The van der Waals surface area contributed by atoms with Gasteiger partial charge >= 0.3 is 18.3 Å². The molecule has 166 valence electrons. The SMILES string of the molecule is COC(=O)c1cccc(/N=C(/C(=C\N)Nc2ccc(CC(F)(F)F)cc2)C(F)(F)F)n1. The van der Waals surface area contributed by atoms with E-state index in [0.29, 0.717) is 6.20 Å². The molecule has 0 aliphatic rings.